The van der Waals surface area contributed by atoms with E-state index in [-0.39, 0.29) is 17.7 Å². The molecule has 1 amide bonds. The van der Waals surface area contributed by atoms with Crippen molar-refractivity contribution in [3.8, 4) is 0 Å². The Kier molecular flexibility index (Phi) is 7.02. The number of amides is 1. The van der Waals surface area contributed by atoms with Crippen LogP contribution in [0.15, 0.2) is 48.5 Å². The van der Waals surface area contributed by atoms with Crippen molar-refractivity contribution in [2.24, 2.45) is 5.92 Å². The Morgan fingerprint density at radius 1 is 1.13 bits per heavy atom. The molecular weight excluding hydrogens is 398 g/mol. The molecule has 2 atom stereocenters. The first kappa shape index (κ1) is 22.2. The van der Waals surface area contributed by atoms with Crippen molar-refractivity contribution in [3.63, 3.8) is 0 Å². The number of carbonyl (C=O) groups excluding carboxylic acids is 1. The third-order valence-electron chi connectivity index (χ3n) is 5.56. The summed E-state index contributed by atoms with van der Waals surface area (Å²) in [6.07, 6.45) is 2.52. The van der Waals surface area contributed by atoms with E-state index in [0.29, 0.717) is 11.3 Å². The van der Waals surface area contributed by atoms with Crippen LogP contribution in [0.1, 0.15) is 55.6 Å². The van der Waals surface area contributed by atoms with Gasteiger partial charge in [0.25, 0.3) is 5.91 Å². The molecule has 0 spiro atoms. The van der Waals surface area contributed by atoms with Crippen molar-refractivity contribution in [3.05, 3.63) is 59.7 Å². The van der Waals surface area contributed by atoms with E-state index in [1.807, 2.05) is 6.92 Å². The molecule has 162 valence electrons. The monoisotopic (exact) mass is 429 g/mol. The summed E-state index contributed by atoms with van der Waals surface area (Å²) in [7, 11) is -3.33. The van der Waals surface area contributed by atoms with Crippen molar-refractivity contribution >= 4 is 27.3 Å². The standard InChI is InChI=1S/C23H31N3O3S/c1-4-30(28,29)25-21-11-7-20(8-12-21)23(27)24-18(3)19-9-13-22(14-10-19)26-15-5-6-17(2)16-26/h7-14,17-18,25H,4-6,15-16H2,1-3H3,(H,24,27). The van der Waals surface area contributed by atoms with Gasteiger partial charge in [0.1, 0.15) is 0 Å². The van der Waals surface area contributed by atoms with E-state index in [1.165, 1.54) is 18.5 Å². The van der Waals surface area contributed by atoms with Crippen LogP contribution in [-0.4, -0.2) is 33.2 Å². The van der Waals surface area contributed by atoms with E-state index in [4.69, 9.17) is 0 Å². The van der Waals surface area contributed by atoms with Crippen LogP contribution in [0.3, 0.4) is 0 Å². The highest BCUT2D eigenvalue weighted by Crippen LogP contribution is 2.25. The second-order valence-corrected chi connectivity index (χ2v) is 10.1. The van der Waals surface area contributed by atoms with E-state index in [2.05, 4.69) is 46.1 Å². The molecule has 1 aliphatic heterocycles. The normalized spacial score (nSPS) is 18.0. The van der Waals surface area contributed by atoms with Crippen LogP contribution >= 0.6 is 0 Å². The number of hydrogen-bond donors (Lipinski definition) is 2. The van der Waals surface area contributed by atoms with Gasteiger partial charge in [0.05, 0.1) is 11.8 Å². The fourth-order valence-electron chi connectivity index (χ4n) is 3.70. The summed E-state index contributed by atoms with van der Waals surface area (Å²) >= 11 is 0. The molecule has 1 saturated heterocycles. The zero-order chi connectivity index (χ0) is 21.7. The maximum Gasteiger partial charge on any atom is 0.251 e. The lowest BCUT2D eigenvalue weighted by Crippen LogP contribution is -2.34. The van der Waals surface area contributed by atoms with Crippen LogP contribution in [0.25, 0.3) is 0 Å². The molecule has 0 bridgehead atoms. The first-order valence-electron chi connectivity index (χ1n) is 10.5. The topological polar surface area (TPSA) is 78.5 Å². The lowest BCUT2D eigenvalue weighted by Gasteiger charge is -2.33. The molecule has 2 aromatic rings. The molecule has 1 aliphatic rings. The van der Waals surface area contributed by atoms with Gasteiger partial charge < -0.3 is 10.2 Å². The van der Waals surface area contributed by atoms with Gasteiger partial charge in [0.2, 0.25) is 10.0 Å². The van der Waals surface area contributed by atoms with Gasteiger partial charge in [-0.25, -0.2) is 8.42 Å². The summed E-state index contributed by atoms with van der Waals surface area (Å²) in [6, 6.07) is 14.7. The summed E-state index contributed by atoms with van der Waals surface area (Å²) in [5, 5.41) is 3.01. The van der Waals surface area contributed by atoms with E-state index in [9.17, 15) is 13.2 Å². The number of carbonyl (C=O) groups is 1. The molecule has 1 heterocycles. The minimum atomic E-state index is -3.33. The van der Waals surface area contributed by atoms with Gasteiger partial charge in [0, 0.05) is 30.0 Å². The Morgan fingerprint density at radius 2 is 1.80 bits per heavy atom. The largest absolute Gasteiger partial charge is 0.371 e. The molecule has 6 nitrogen and oxygen atoms in total. The highest BCUT2D eigenvalue weighted by Gasteiger charge is 2.17. The molecule has 0 radical (unpaired) electrons. The van der Waals surface area contributed by atoms with Crippen LogP contribution in [-0.2, 0) is 10.0 Å². The lowest BCUT2D eigenvalue weighted by molar-refractivity contribution is 0.0940. The van der Waals surface area contributed by atoms with Crippen LogP contribution in [0.5, 0.6) is 0 Å². The van der Waals surface area contributed by atoms with E-state index >= 15 is 0 Å². The van der Waals surface area contributed by atoms with Crippen molar-refractivity contribution in [2.45, 2.75) is 39.7 Å². The lowest BCUT2D eigenvalue weighted by atomic mass is 9.99. The predicted molar refractivity (Wildman–Crippen MR) is 122 cm³/mol. The van der Waals surface area contributed by atoms with Crippen LogP contribution in [0, 0.1) is 5.92 Å². The first-order valence-corrected chi connectivity index (χ1v) is 12.2. The summed E-state index contributed by atoms with van der Waals surface area (Å²) in [5.74, 6) is 0.532. The minimum absolute atomic E-state index is 0.00231. The number of nitrogens with zero attached hydrogens (tertiary/aromatic N) is 1. The minimum Gasteiger partial charge on any atom is -0.371 e. The fraction of sp³-hybridized carbons (Fsp3) is 0.435. The van der Waals surface area contributed by atoms with Crippen molar-refractivity contribution in [2.75, 3.05) is 28.5 Å². The molecule has 0 aromatic heterocycles. The second kappa shape index (κ2) is 9.51. The van der Waals surface area contributed by atoms with Gasteiger partial charge in [-0.2, -0.15) is 0 Å². The van der Waals surface area contributed by atoms with E-state index in [0.717, 1.165) is 24.6 Å². The van der Waals surface area contributed by atoms with Crippen molar-refractivity contribution < 1.29 is 13.2 Å². The fourth-order valence-corrected chi connectivity index (χ4v) is 4.34. The van der Waals surface area contributed by atoms with Gasteiger partial charge in [-0.1, -0.05) is 19.1 Å². The third kappa shape index (κ3) is 5.75. The SMILES string of the molecule is CCS(=O)(=O)Nc1ccc(C(=O)NC(C)c2ccc(N3CCCC(C)C3)cc2)cc1. The van der Waals surface area contributed by atoms with E-state index < -0.39 is 10.0 Å². The maximum atomic E-state index is 12.6. The molecule has 2 aromatic carbocycles. The van der Waals surface area contributed by atoms with Crippen LogP contribution in [0.4, 0.5) is 11.4 Å². The first-order chi connectivity index (χ1) is 14.3. The number of piperidine rings is 1. The van der Waals surface area contributed by atoms with E-state index in [1.54, 1.807) is 31.2 Å². The molecule has 0 saturated carbocycles. The molecule has 1 fully saturated rings. The van der Waals surface area contributed by atoms with Gasteiger partial charge in [0.15, 0.2) is 0 Å². The molecular formula is C23H31N3O3S. The van der Waals surface area contributed by atoms with Crippen LogP contribution in [0.2, 0.25) is 0 Å². The summed E-state index contributed by atoms with van der Waals surface area (Å²) in [5.41, 5.74) is 3.21. The van der Waals surface area contributed by atoms with Gasteiger partial charge >= 0.3 is 0 Å². The number of hydrogen-bond acceptors (Lipinski definition) is 4. The number of nitrogens with one attached hydrogen (secondary N) is 2. The molecule has 3 rings (SSSR count). The van der Waals surface area contributed by atoms with Gasteiger partial charge in [-0.05, 0) is 74.6 Å². The summed E-state index contributed by atoms with van der Waals surface area (Å²) < 4.78 is 25.7. The Morgan fingerprint density at radius 3 is 2.40 bits per heavy atom. The number of anilines is 2. The highest BCUT2D eigenvalue weighted by atomic mass is 32.2. The van der Waals surface area contributed by atoms with Crippen molar-refractivity contribution in [1.29, 1.82) is 0 Å². The number of rotatable bonds is 7. The van der Waals surface area contributed by atoms with Crippen molar-refractivity contribution in [1.82, 2.24) is 5.32 Å². The quantitative estimate of drug-likeness (QED) is 0.692. The predicted octanol–water partition coefficient (Wildman–Crippen LogP) is 4.18. The molecule has 0 aliphatic carbocycles. The van der Waals surface area contributed by atoms with Crippen LogP contribution < -0.4 is 14.9 Å². The Hall–Kier alpha value is -2.54. The third-order valence-corrected chi connectivity index (χ3v) is 6.87. The zero-order valence-corrected chi connectivity index (χ0v) is 18.7. The Bertz CT molecular complexity index is 956. The van der Waals surface area contributed by atoms with Gasteiger partial charge in [-0.3, -0.25) is 9.52 Å². The average molecular weight is 430 g/mol. The zero-order valence-electron chi connectivity index (χ0n) is 17.9. The maximum absolute atomic E-state index is 12.6. The smallest absolute Gasteiger partial charge is 0.251 e. The second-order valence-electron chi connectivity index (χ2n) is 8.06. The molecule has 2 N–H and O–H groups in total. The molecule has 7 heteroatoms. The summed E-state index contributed by atoms with van der Waals surface area (Å²) in [6.45, 7) is 8.02. The molecule has 30 heavy (non-hydrogen) atoms. The molecule has 2 unspecified atom stereocenters. The Labute approximate surface area is 179 Å². The number of benzene rings is 2. The highest BCUT2D eigenvalue weighted by molar-refractivity contribution is 7.92. The van der Waals surface area contributed by atoms with Gasteiger partial charge in [-0.15, -0.1) is 0 Å². The number of sulfonamides is 1. The summed E-state index contributed by atoms with van der Waals surface area (Å²) in [4.78, 5) is 15.0. The Balaban J connectivity index is 1.60. The average Bonchev–Trinajstić information content (AvgIpc) is 2.74.